The number of fused-ring (bicyclic) bond motifs is 3. The van der Waals surface area contributed by atoms with Crippen molar-refractivity contribution in [3.8, 4) is 5.75 Å². The average molecular weight is 499 g/mol. The van der Waals surface area contributed by atoms with Crippen LogP contribution in [0.5, 0.6) is 5.75 Å². The van der Waals surface area contributed by atoms with E-state index in [4.69, 9.17) is 20.6 Å². The summed E-state index contributed by atoms with van der Waals surface area (Å²) in [6, 6.07) is 3.44. The molecule has 186 valence electrons. The molecule has 5 N–H and O–H groups in total. The van der Waals surface area contributed by atoms with Crippen LogP contribution in [0, 0.1) is 11.3 Å². The molecule has 2 aromatic heterocycles. The highest BCUT2D eigenvalue weighted by Crippen LogP contribution is 2.42. The lowest BCUT2D eigenvalue weighted by atomic mass is 9.87. The van der Waals surface area contributed by atoms with Crippen LogP contribution in [0.4, 0.5) is 17.2 Å². The van der Waals surface area contributed by atoms with Gasteiger partial charge in [0.05, 0.1) is 31.4 Å². The van der Waals surface area contributed by atoms with Gasteiger partial charge in [-0.05, 0) is 30.9 Å². The number of rotatable bonds is 10. The Morgan fingerprint density at radius 3 is 2.91 bits per heavy atom. The van der Waals surface area contributed by atoms with Crippen LogP contribution in [0.2, 0.25) is 0 Å². The monoisotopic (exact) mass is 498 g/mol. The summed E-state index contributed by atoms with van der Waals surface area (Å²) in [5.74, 6) is 1.11. The largest absolute Gasteiger partial charge is 0.494 e. The Morgan fingerprint density at radius 1 is 1.37 bits per heavy atom. The molecule has 0 spiro atoms. The zero-order chi connectivity index (χ0) is 24.9. The Hall–Kier alpha value is -3.28. The lowest BCUT2D eigenvalue weighted by Crippen LogP contribution is -2.41. The molecule has 0 radical (unpaired) electrons. The molecule has 10 nitrogen and oxygen atoms in total. The second-order valence-corrected chi connectivity index (χ2v) is 9.42. The van der Waals surface area contributed by atoms with E-state index in [1.165, 1.54) is 12.5 Å². The molecule has 1 aliphatic rings. The number of ether oxygens (including phenoxy) is 2. The minimum absolute atomic E-state index is 0.0504. The number of hydrogen-bond acceptors (Lipinski definition) is 10. The normalized spacial score (nSPS) is 15.0. The van der Waals surface area contributed by atoms with Gasteiger partial charge >= 0.3 is 0 Å². The summed E-state index contributed by atoms with van der Waals surface area (Å²) in [6.07, 6.45) is 4.79. The van der Waals surface area contributed by atoms with E-state index in [9.17, 15) is 9.90 Å². The predicted molar refractivity (Wildman–Crippen MR) is 137 cm³/mol. The lowest BCUT2D eigenvalue weighted by molar-refractivity contribution is -0.137. The van der Waals surface area contributed by atoms with Crippen molar-refractivity contribution in [2.24, 2.45) is 5.92 Å². The van der Waals surface area contributed by atoms with Crippen LogP contribution >= 0.6 is 11.3 Å². The molecule has 3 aromatic rings. The fraction of sp³-hybridized carbons (Fsp3) is 0.417. The van der Waals surface area contributed by atoms with Crippen molar-refractivity contribution in [1.29, 1.82) is 5.41 Å². The maximum Gasteiger partial charge on any atom is 0.226 e. The highest BCUT2D eigenvalue weighted by atomic mass is 32.1. The zero-order valence-electron chi connectivity index (χ0n) is 19.8. The second kappa shape index (κ2) is 11.0. The van der Waals surface area contributed by atoms with Gasteiger partial charge in [-0.2, -0.15) is 0 Å². The fourth-order valence-electron chi connectivity index (χ4n) is 4.46. The average Bonchev–Trinajstić information content (AvgIpc) is 3.25. The van der Waals surface area contributed by atoms with Crippen LogP contribution in [-0.4, -0.2) is 72.6 Å². The Kier molecular flexibility index (Phi) is 7.79. The molecule has 1 aliphatic carbocycles. The summed E-state index contributed by atoms with van der Waals surface area (Å²) < 4.78 is 10.6. The van der Waals surface area contributed by atoms with Gasteiger partial charge in [0.2, 0.25) is 5.91 Å². The molecule has 0 unspecified atom stereocenters. The van der Waals surface area contributed by atoms with E-state index in [1.54, 1.807) is 42.6 Å². The number of nitrogens with zero attached hydrogens (tertiary/aromatic N) is 3. The van der Waals surface area contributed by atoms with Crippen molar-refractivity contribution >= 4 is 50.9 Å². The van der Waals surface area contributed by atoms with Crippen molar-refractivity contribution in [3.05, 3.63) is 34.5 Å². The molecule has 35 heavy (non-hydrogen) atoms. The minimum atomic E-state index is -0.143. The maximum absolute atomic E-state index is 13.2. The molecule has 0 bridgehead atoms. The van der Waals surface area contributed by atoms with Crippen LogP contribution in [0.1, 0.15) is 22.4 Å². The number of aliphatic hydroxyl groups excluding tert-OH is 1. The van der Waals surface area contributed by atoms with Gasteiger partial charge in [-0.1, -0.05) is 0 Å². The van der Waals surface area contributed by atoms with Crippen molar-refractivity contribution in [1.82, 2.24) is 14.9 Å². The number of nitrogen functional groups attached to an aromatic ring is 1. The topological polar surface area (TPSA) is 147 Å². The molecule has 0 saturated heterocycles. The number of hydrogen-bond donors (Lipinski definition) is 4. The fourth-order valence-corrected chi connectivity index (χ4v) is 5.73. The molecule has 1 atom stereocenters. The number of aryl methyl sites for hydroxylation is 1. The van der Waals surface area contributed by atoms with Crippen molar-refractivity contribution in [2.45, 2.75) is 19.3 Å². The number of nitrogens with two attached hydrogens (primary N) is 1. The Bertz CT molecular complexity index is 1230. The van der Waals surface area contributed by atoms with Crippen LogP contribution in [-0.2, 0) is 22.4 Å². The molecule has 11 heteroatoms. The molecular weight excluding hydrogens is 468 g/mol. The molecular formula is C24H30N6O4S. The van der Waals surface area contributed by atoms with Gasteiger partial charge in [0.25, 0.3) is 0 Å². The van der Waals surface area contributed by atoms with Crippen molar-refractivity contribution in [2.75, 3.05) is 51.6 Å². The summed E-state index contributed by atoms with van der Waals surface area (Å²) in [7, 11) is 3.17. The number of methoxy groups -OCH3 is 2. The van der Waals surface area contributed by atoms with E-state index in [1.807, 2.05) is 0 Å². The van der Waals surface area contributed by atoms with Gasteiger partial charge in [0, 0.05) is 54.5 Å². The van der Waals surface area contributed by atoms with E-state index in [2.05, 4.69) is 15.3 Å². The number of aliphatic hydroxyl groups is 1. The highest BCUT2D eigenvalue weighted by molar-refractivity contribution is 7.19. The maximum atomic E-state index is 13.2. The summed E-state index contributed by atoms with van der Waals surface area (Å²) in [4.78, 5) is 25.8. The SMILES string of the molecule is COCCN(CCO)C(=O)[C@@H]1CCc2c(sc3ncnc(Nc4cc(C=N)c(N)cc4OC)c23)C1. The molecule has 1 aromatic carbocycles. The standard InChI is InChI=1S/C24H30N6O4S/c1-33-8-6-30(5-7-31)24(32)14-3-4-16-20(10-14)35-23-21(16)22(27-13-28-23)29-18-9-15(12-25)17(26)11-19(18)34-2/h9,11-14,25,31H,3-8,10,26H2,1-2H3,(H,27,28,29)/t14-/m1/s1. The molecule has 0 aliphatic heterocycles. The number of carbonyl (C=O) groups excluding carboxylic acids is 1. The first-order valence-electron chi connectivity index (χ1n) is 11.4. The van der Waals surface area contributed by atoms with E-state index in [0.717, 1.165) is 27.1 Å². The molecule has 4 rings (SSSR count). The third-order valence-corrected chi connectivity index (χ3v) is 7.42. The lowest BCUT2D eigenvalue weighted by Gasteiger charge is -2.29. The van der Waals surface area contributed by atoms with Gasteiger partial charge in [-0.3, -0.25) is 4.79 Å². The third kappa shape index (κ3) is 5.07. The van der Waals surface area contributed by atoms with Crippen LogP contribution < -0.4 is 15.8 Å². The zero-order valence-corrected chi connectivity index (χ0v) is 20.7. The van der Waals surface area contributed by atoms with E-state index in [0.29, 0.717) is 61.0 Å². The molecule has 0 fully saturated rings. The third-order valence-electron chi connectivity index (χ3n) is 6.26. The summed E-state index contributed by atoms with van der Waals surface area (Å²) >= 11 is 1.59. The number of benzene rings is 1. The number of amides is 1. The minimum Gasteiger partial charge on any atom is -0.494 e. The Balaban J connectivity index is 1.64. The van der Waals surface area contributed by atoms with Gasteiger partial charge in [0.15, 0.2) is 0 Å². The number of anilines is 3. The van der Waals surface area contributed by atoms with Crippen LogP contribution in [0.25, 0.3) is 10.2 Å². The molecule has 2 heterocycles. The molecule has 0 saturated carbocycles. The van der Waals surface area contributed by atoms with Crippen molar-refractivity contribution in [3.63, 3.8) is 0 Å². The summed E-state index contributed by atoms with van der Waals surface area (Å²) in [5, 5.41) is 21.3. The summed E-state index contributed by atoms with van der Waals surface area (Å²) in [6.45, 7) is 1.13. The first kappa shape index (κ1) is 24.8. The van der Waals surface area contributed by atoms with Gasteiger partial charge in [-0.25, -0.2) is 9.97 Å². The van der Waals surface area contributed by atoms with Crippen LogP contribution in [0.15, 0.2) is 18.5 Å². The first-order chi connectivity index (χ1) is 17.0. The number of carbonyl (C=O) groups is 1. The Labute approximate surface area is 207 Å². The van der Waals surface area contributed by atoms with E-state index in [-0.39, 0.29) is 18.4 Å². The predicted octanol–water partition coefficient (Wildman–Crippen LogP) is 2.60. The summed E-state index contributed by atoms with van der Waals surface area (Å²) in [5.41, 5.74) is 8.85. The number of aromatic nitrogens is 2. The highest BCUT2D eigenvalue weighted by Gasteiger charge is 2.31. The van der Waals surface area contributed by atoms with Gasteiger partial charge in [-0.15, -0.1) is 11.3 Å². The smallest absolute Gasteiger partial charge is 0.226 e. The molecule has 1 amide bonds. The van der Waals surface area contributed by atoms with Crippen molar-refractivity contribution < 1.29 is 19.4 Å². The van der Waals surface area contributed by atoms with Gasteiger partial charge < -0.3 is 35.9 Å². The Morgan fingerprint density at radius 2 is 2.20 bits per heavy atom. The number of nitrogens with one attached hydrogen (secondary N) is 2. The van der Waals surface area contributed by atoms with Gasteiger partial charge in [0.1, 0.15) is 22.7 Å². The number of thiophene rings is 1. The van der Waals surface area contributed by atoms with Crippen LogP contribution in [0.3, 0.4) is 0 Å². The van der Waals surface area contributed by atoms with E-state index >= 15 is 0 Å². The quantitative estimate of drug-likeness (QED) is 0.246. The second-order valence-electron chi connectivity index (χ2n) is 8.34. The van der Waals surface area contributed by atoms with E-state index < -0.39 is 0 Å². The first-order valence-corrected chi connectivity index (χ1v) is 12.2.